The molecule has 13 heavy (non-hydrogen) atoms. The van der Waals surface area contributed by atoms with Gasteiger partial charge in [0.25, 0.3) is 0 Å². The van der Waals surface area contributed by atoms with E-state index < -0.39 is 0 Å². The second-order valence-electron chi connectivity index (χ2n) is 2.61. The molecule has 0 spiro atoms. The molecule has 4 heteroatoms. The molecular weight excluding hydrogens is 166 g/mol. The summed E-state index contributed by atoms with van der Waals surface area (Å²) in [5.41, 5.74) is 8.06. The van der Waals surface area contributed by atoms with Crippen molar-refractivity contribution in [1.29, 1.82) is 0 Å². The van der Waals surface area contributed by atoms with Crippen LogP contribution in [0.3, 0.4) is 0 Å². The van der Waals surface area contributed by atoms with Crippen LogP contribution in [0.5, 0.6) is 0 Å². The van der Waals surface area contributed by atoms with Crippen molar-refractivity contribution in [3.05, 3.63) is 36.7 Å². The zero-order valence-corrected chi connectivity index (χ0v) is 6.97. The Hall–Kier alpha value is -1.68. The highest BCUT2D eigenvalue weighted by molar-refractivity contribution is 5.56. The molecule has 2 N–H and O–H groups in total. The first-order valence-corrected chi connectivity index (χ1v) is 3.93. The molecular formula is C9H9N3O. The van der Waals surface area contributed by atoms with Crippen molar-refractivity contribution >= 4 is 0 Å². The van der Waals surface area contributed by atoms with E-state index in [2.05, 4.69) is 9.97 Å². The lowest BCUT2D eigenvalue weighted by Gasteiger charge is -1.97. The van der Waals surface area contributed by atoms with Crippen molar-refractivity contribution in [2.75, 3.05) is 0 Å². The van der Waals surface area contributed by atoms with Gasteiger partial charge in [-0.05, 0) is 12.1 Å². The zero-order valence-electron chi connectivity index (χ0n) is 6.97. The van der Waals surface area contributed by atoms with Crippen molar-refractivity contribution in [3.63, 3.8) is 0 Å². The number of rotatable bonds is 2. The van der Waals surface area contributed by atoms with Gasteiger partial charge in [-0.3, -0.25) is 0 Å². The van der Waals surface area contributed by atoms with Crippen LogP contribution < -0.4 is 5.73 Å². The quantitative estimate of drug-likeness (QED) is 0.744. The van der Waals surface area contributed by atoms with Crippen LogP contribution in [-0.4, -0.2) is 9.97 Å². The number of nitrogens with zero attached hydrogens (tertiary/aromatic N) is 2. The fourth-order valence-electron chi connectivity index (χ4n) is 1.08. The third kappa shape index (κ3) is 1.57. The first-order chi connectivity index (χ1) is 6.40. The van der Waals surface area contributed by atoms with Gasteiger partial charge in [0.05, 0.1) is 23.9 Å². The Balaban J connectivity index is 2.41. The minimum Gasteiger partial charge on any atom is -0.472 e. The summed E-state index contributed by atoms with van der Waals surface area (Å²) in [4.78, 5) is 8.10. The predicted molar refractivity (Wildman–Crippen MR) is 47.6 cm³/mol. The number of furan rings is 1. The Labute approximate surface area is 75.4 Å². The Kier molecular flexibility index (Phi) is 2.06. The van der Waals surface area contributed by atoms with Crippen LogP contribution in [0.4, 0.5) is 0 Å². The van der Waals surface area contributed by atoms with Crippen LogP contribution >= 0.6 is 0 Å². The Bertz CT molecular complexity index is 384. The van der Waals surface area contributed by atoms with E-state index in [-0.39, 0.29) is 0 Å². The molecule has 0 saturated heterocycles. The van der Waals surface area contributed by atoms with Gasteiger partial charge in [-0.15, -0.1) is 0 Å². The number of hydrogen-bond donors (Lipinski definition) is 1. The molecule has 0 radical (unpaired) electrons. The number of aromatic nitrogens is 2. The lowest BCUT2D eigenvalue weighted by atomic mass is 10.2. The average molecular weight is 175 g/mol. The third-order valence-corrected chi connectivity index (χ3v) is 1.75. The predicted octanol–water partition coefficient (Wildman–Crippen LogP) is 1.20. The zero-order chi connectivity index (χ0) is 9.10. The van der Waals surface area contributed by atoms with Gasteiger partial charge in [0.1, 0.15) is 6.33 Å². The maximum Gasteiger partial charge on any atom is 0.116 e. The molecule has 0 fully saturated rings. The van der Waals surface area contributed by atoms with E-state index in [1.165, 1.54) is 6.33 Å². The Morgan fingerprint density at radius 3 is 3.00 bits per heavy atom. The van der Waals surface area contributed by atoms with Crippen molar-refractivity contribution < 1.29 is 4.42 Å². The standard InChI is InChI=1S/C9H9N3O/c10-4-8-3-9(12-6-11-8)7-1-2-13-5-7/h1-3,5-6H,4,10H2. The normalized spacial score (nSPS) is 10.2. The average Bonchev–Trinajstić information content (AvgIpc) is 2.71. The van der Waals surface area contributed by atoms with Gasteiger partial charge in [0.15, 0.2) is 0 Å². The molecule has 0 saturated carbocycles. The van der Waals surface area contributed by atoms with Crippen molar-refractivity contribution in [1.82, 2.24) is 9.97 Å². The molecule has 2 rings (SSSR count). The summed E-state index contributed by atoms with van der Waals surface area (Å²) in [6, 6.07) is 3.70. The fraction of sp³-hybridized carbons (Fsp3) is 0.111. The van der Waals surface area contributed by atoms with Gasteiger partial charge in [-0.1, -0.05) is 0 Å². The monoisotopic (exact) mass is 175 g/mol. The van der Waals surface area contributed by atoms with E-state index in [0.29, 0.717) is 6.54 Å². The molecule has 0 atom stereocenters. The minimum atomic E-state index is 0.424. The number of nitrogens with two attached hydrogens (primary N) is 1. The Morgan fingerprint density at radius 1 is 1.38 bits per heavy atom. The lowest BCUT2D eigenvalue weighted by molar-refractivity contribution is 0.568. The molecule has 0 aliphatic carbocycles. The lowest BCUT2D eigenvalue weighted by Crippen LogP contribution is -2.00. The SMILES string of the molecule is NCc1cc(-c2ccoc2)ncn1. The molecule has 0 aliphatic heterocycles. The van der Waals surface area contributed by atoms with E-state index in [4.69, 9.17) is 10.2 Å². The van der Waals surface area contributed by atoms with Gasteiger partial charge in [-0.2, -0.15) is 0 Å². The molecule has 0 bridgehead atoms. The molecule has 0 aliphatic rings. The Morgan fingerprint density at radius 2 is 2.31 bits per heavy atom. The summed E-state index contributed by atoms with van der Waals surface area (Å²) in [7, 11) is 0. The highest BCUT2D eigenvalue weighted by atomic mass is 16.3. The first kappa shape index (κ1) is 7.94. The third-order valence-electron chi connectivity index (χ3n) is 1.75. The fourth-order valence-corrected chi connectivity index (χ4v) is 1.08. The van der Waals surface area contributed by atoms with E-state index in [1.807, 2.05) is 12.1 Å². The molecule has 2 aromatic heterocycles. The van der Waals surface area contributed by atoms with Crippen molar-refractivity contribution in [2.45, 2.75) is 6.54 Å². The summed E-state index contributed by atoms with van der Waals surface area (Å²) >= 11 is 0. The van der Waals surface area contributed by atoms with Gasteiger partial charge >= 0.3 is 0 Å². The smallest absolute Gasteiger partial charge is 0.116 e. The first-order valence-electron chi connectivity index (χ1n) is 3.93. The minimum absolute atomic E-state index is 0.424. The van der Waals surface area contributed by atoms with Crippen LogP contribution in [0.25, 0.3) is 11.3 Å². The van der Waals surface area contributed by atoms with Gasteiger partial charge in [0.2, 0.25) is 0 Å². The maximum atomic E-state index is 5.46. The second-order valence-corrected chi connectivity index (χ2v) is 2.61. The van der Waals surface area contributed by atoms with E-state index >= 15 is 0 Å². The summed E-state index contributed by atoms with van der Waals surface area (Å²) < 4.78 is 4.95. The maximum absolute atomic E-state index is 5.46. The molecule has 2 heterocycles. The van der Waals surface area contributed by atoms with Crippen LogP contribution in [-0.2, 0) is 6.54 Å². The van der Waals surface area contributed by atoms with E-state index in [1.54, 1.807) is 12.5 Å². The summed E-state index contributed by atoms with van der Waals surface area (Å²) in [5.74, 6) is 0. The van der Waals surface area contributed by atoms with Crippen LogP contribution in [0.1, 0.15) is 5.69 Å². The highest BCUT2D eigenvalue weighted by Gasteiger charge is 2.01. The van der Waals surface area contributed by atoms with Crippen molar-refractivity contribution in [2.24, 2.45) is 5.73 Å². The topological polar surface area (TPSA) is 64.9 Å². The summed E-state index contributed by atoms with van der Waals surface area (Å²) in [5, 5.41) is 0. The van der Waals surface area contributed by atoms with Gasteiger partial charge < -0.3 is 10.2 Å². The molecule has 0 unspecified atom stereocenters. The summed E-state index contributed by atoms with van der Waals surface area (Å²) in [6.07, 6.45) is 4.76. The molecule has 4 nitrogen and oxygen atoms in total. The molecule has 0 amide bonds. The van der Waals surface area contributed by atoms with Gasteiger partial charge in [-0.25, -0.2) is 9.97 Å². The molecule has 0 aromatic carbocycles. The van der Waals surface area contributed by atoms with E-state index in [9.17, 15) is 0 Å². The largest absolute Gasteiger partial charge is 0.472 e. The molecule has 2 aromatic rings. The van der Waals surface area contributed by atoms with Gasteiger partial charge in [0, 0.05) is 12.1 Å². The van der Waals surface area contributed by atoms with Crippen molar-refractivity contribution in [3.8, 4) is 11.3 Å². The summed E-state index contributed by atoms with van der Waals surface area (Å²) in [6.45, 7) is 0.424. The second kappa shape index (κ2) is 3.37. The highest BCUT2D eigenvalue weighted by Crippen LogP contribution is 2.16. The van der Waals surface area contributed by atoms with Crippen LogP contribution in [0.2, 0.25) is 0 Å². The van der Waals surface area contributed by atoms with Crippen LogP contribution in [0, 0.1) is 0 Å². The van der Waals surface area contributed by atoms with Crippen LogP contribution in [0.15, 0.2) is 35.4 Å². The number of hydrogen-bond acceptors (Lipinski definition) is 4. The molecule has 66 valence electrons. The van der Waals surface area contributed by atoms with E-state index in [0.717, 1.165) is 17.0 Å².